The van der Waals surface area contributed by atoms with Crippen molar-refractivity contribution >= 4 is 11.6 Å². The van der Waals surface area contributed by atoms with Gasteiger partial charge in [-0.3, -0.25) is 4.79 Å². The van der Waals surface area contributed by atoms with E-state index >= 15 is 0 Å². The molecule has 0 fully saturated rings. The van der Waals surface area contributed by atoms with E-state index in [0.717, 1.165) is 16.8 Å². The van der Waals surface area contributed by atoms with E-state index in [-0.39, 0.29) is 6.42 Å². The first kappa shape index (κ1) is 15.1. The molecule has 0 saturated carbocycles. The molecule has 3 aromatic rings. The molecule has 0 aliphatic rings. The second-order valence-electron chi connectivity index (χ2n) is 5.34. The Morgan fingerprint density at radius 2 is 2.09 bits per heavy atom. The number of aliphatic carboxylic acids is 1. The molecule has 2 aromatic heterocycles. The predicted octanol–water partition coefficient (Wildman–Crippen LogP) is 3.34. The summed E-state index contributed by atoms with van der Waals surface area (Å²) in [7, 11) is 0. The second kappa shape index (κ2) is 6.12. The molecule has 0 bridgehead atoms. The van der Waals surface area contributed by atoms with Gasteiger partial charge >= 0.3 is 5.97 Å². The maximum absolute atomic E-state index is 11.3. The van der Waals surface area contributed by atoms with Crippen LogP contribution in [0, 0.1) is 6.92 Å². The minimum absolute atomic E-state index is 0.0972. The summed E-state index contributed by atoms with van der Waals surface area (Å²) in [6, 6.07) is 11.5. The standard InChI is InChI=1S/C18H18N2O3/c1-3-23-15-7-5-4-6-13(15)18-14(11-17(21)22)20-9-8-12(2)10-16(20)19-18/h4-10H,3,11H2,1-2H3,(H,21,22). The van der Waals surface area contributed by atoms with Crippen LogP contribution in [0.5, 0.6) is 5.75 Å². The number of hydrogen-bond donors (Lipinski definition) is 1. The number of aromatic nitrogens is 2. The van der Waals surface area contributed by atoms with Crippen LogP contribution in [-0.4, -0.2) is 27.1 Å². The molecule has 0 spiro atoms. The molecule has 0 saturated heterocycles. The van der Waals surface area contributed by atoms with Gasteiger partial charge in [-0.1, -0.05) is 12.1 Å². The van der Waals surface area contributed by atoms with Crippen molar-refractivity contribution in [1.29, 1.82) is 0 Å². The lowest BCUT2D eigenvalue weighted by Gasteiger charge is -2.09. The molecule has 5 heteroatoms. The van der Waals surface area contributed by atoms with Crippen molar-refractivity contribution in [1.82, 2.24) is 9.38 Å². The van der Waals surface area contributed by atoms with E-state index in [1.165, 1.54) is 0 Å². The molecule has 1 aromatic carbocycles. The minimum atomic E-state index is -0.887. The Morgan fingerprint density at radius 3 is 2.83 bits per heavy atom. The first-order valence-electron chi connectivity index (χ1n) is 7.51. The van der Waals surface area contributed by atoms with Gasteiger partial charge in [0.05, 0.1) is 24.4 Å². The Labute approximate surface area is 134 Å². The number of benzene rings is 1. The lowest BCUT2D eigenvalue weighted by Crippen LogP contribution is -2.05. The normalized spacial score (nSPS) is 10.9. The van der Waals surface area contributed by atoms with Crippen molar-refractivity contribution < 1.29 is 14.6 Å². The van der Waals surface area contributed by atoms with E-state index in [1.807, 2.05) is 60.8 Å². The number of hydrogen-bond acceptors (Lipinski definition) is 3. The van der Waals surface area contributed by atoms with Gasteiger partial charge in [-0.05, 0) is 43.7 Å². The predicted molar refractivity (Wildman–Crippen MR) is 87.9 cm³/mol. The van der Waals surface area contributed by atoms with E-state index in [1.54, 1.807) is 0 Å². The quantitative estimate of drug-likeness (QED) is 0.785. The molecule has 0 aliphatic carbocycles. The van der Waals surface area contributed by atoms with Gasteiger partial charge in [0.2, 0.25) is 0 Å². The molecule has 0 amide bonds. The number of pyridine rings is 1. The zero-order chi connectivity index (χ0) is 16.4. The third kappa shape index (κ3) is 2.90. The van der Waals surface area contributed by atoms with Crippen LogP contribution in [0.2, 0.25) is 0 Å². The van der Waals surface area contributed by atoms with Crippen LogP contribution >= 0.6 is 0 Å². The van der Waals surface area contributed by atoms with E-state index < -0.39 is 5.97 Å². The SMILES string of the molecule is CCOc1ccccc1-c1nc2cc(C)ccn2c1CC(=O)O. The first-order valence-corrected chi connectivity index (χ1v) is 7.51. The molecule has 5 nitrogen and oxygen atoms in total. The summed E-state index contributed by atoms with van der Waals surface area (Å²) in [6.45, 7) is 4.44. The van der Waals surface area contributed by atoms with Crippen molar-refractivity contribution in [3.05, 3.63) is 53.9 Å². The monoisotopic (exact) mass is 310 g/mol. The first-order chi connectivity index (χ1) is 11.1. The number of carbonyl (C=O) groups is 1. The molecular formula is C18H18N2O3. The maximum Gasteiger partial charge on any atom is 0.309 e. The highest BCUT2D eigenvalue weighted by Crippen LogP contribution is 2.32. The van der Waals surface area contributed by atoms with Gasteiger partial charge in [-0.25, -0.2) is 4.98 Å². The summed E-state index contributed by atoms with van der Waals surface area (Å²) in [4.78, 5) is 16.0. The van der Waals surface area contributed by atoms with Gasteiger partial charge in [-0.2, -0.15) is 0 Å². The number of carboxylic acids is 1. The number of para-hydroxylation sites is 1. The Kier molecular flexibility index (Phi) is 4.02. The number of aryl methyl sites for hydroxylation is 1. The minimum Gasteiger partial charge on any atom is -0.493 e. The molecule has 23 heavy (non-hydrogen) atoms. The number of imidazole rings is 1. The largest absolute Gasteiger partial charge is 0.493 e. The summed E-state index contributed by atoms with van der Waals surface area (Å²) in [5, 5.41) is 9.27. The molecule has 0 aliphatic heterocycles. The Morgan fingerprint density at radius 1 is 1.30 bits per heavy atom. The van der Waals surface area contributed by atoms with Crippen molar-refractivity contribution in [2.45, 2.75) is 20.3 Å². The molecular weight excluding hydrogens is 292 g/mol. The molecule has 2 heterocycles. The number of fused-ring (bicyclic) bond motifs is 1. The van der Waals surface area contributed by atoms with Crippen LogP contribution < -0.4 is 4.74 Å². The van der Waals surface area contributed by atoms with Crippen molar-refractivity contribution in [3.63, 3.8) is 0 Å². The van der Waals surface area contributed by atoms with Crippen LogP contribution in [0.15, 0.2) is 42.6 Å². The Hall–Kier alpha value is -2.82. The van der Waals surface area contributed by atoms with Crippen LogP contribution in [0.3, 0.4) is 0 Å². The van der Waals surface area contributed by atoms with Gasteiger partial charge in [0.15, 0.2) is 0 Å². The van der Waals surface area contributed by atoms with Crippen molar-refractivity contribution in [2.24, 2.45) is 0 Å². The number of rotatable bonds is 5. The third-order valence-corrected chi connectivity index (χ3v) is 3.64. The molecule has 0 atom stereocenters. The summed E-state index contributed by atoms with van der Waals surface area (Å²) in [5.74, 6) is -0.177. The Balaban J connectivity index is 2.26. The fraction of sp³-hybridized carbons (Fsp3) is 0.222. The average Bonchev–Trinajstić information content (AvgIpc) is 2.85. The summed E-state index contributed by atoms with van der Waals surface area (Å²) in [5.41, 5.74) is 3.94. The van der Waals surface area contributed by atoms with E-state index in [0.29, 0.717) is 23.7 Å². The molecule has 0 radical (unpaired) electrons. The highest BCUT2D eigenvalue weighted by atomic mass is 16.5. The van der Waals surface area contributed by atoms with Gasteiger partial charge < -0.3 is 14.2 Å². The highest BCUT2D eigenvalue weighted by Gasteiger charge is 2.19. The maximum atomic E-state index is 11.3. The lowest BCUT2D eigenvalue weighted by atomic mass is 10.1. The number of ether oxygens (including phenoxy) is 1. The smallest absolute Gasteiger partial charge is 0.309 e. The van der Waals surface area contributed by atoms with E-state index in [9.17, 15) is 9.90 Å². The molecule has 1 N–H and O–H groups in total. The van der Waals surface area contributed by atoms with Gasteiger partial charge in [0.25, 0.3) is 0 Å². The number of carboxylic acid groups (broad SMARTS) is 1. The van der Waals surface area contributed by atoms with Crippen LogP contribution in [0.1, 0.15) is 18.2 Å². The third-order valence-electron chi connectivity index (χ3n) is 3.64. The van der Waals surface area contributed by atoms with Gasteiger partial charge in [-0.15, -0.1) is 0 Å². The number of nitrogens with zero attached hydrogens (tertiary/aromatic N) is 2. The van der Waals surface area contributed by atoms with E-state index in [4.69, 9.17) is 4.74 Å². The zero-order valence-corrected chi connectivity index (χ0v) is 13.1. The van der Waals surface area contributed by atoms with Crippen LogP contribution in [0.4, 0.5) is 0 Å². The van der Waals surface area contributed by atoms with Crippen molar-refractivity contribution in [3.8, 4) is 17.0 Å². The topological polar surface area (TPSA) is 63.8 Å². The fourth-order valence-corrected chi connectivity index (χ4v) is 2.67. The van der Waals surface area contributed by atoms with Gasteiger partial charge in [0.1, 0.15) is 11.4 Å². The lowest BCUT2D eigenvalue weighted by molar-refractivity contribution is -0.136. The Bertz CT molecular complexity index is 868. The summed E-state index contributed by atoms with van der Waals surface area (Å²) in [6.07, 6.45) is 1.77. The average molecular weight is 310 g/mol. The second-order valence-corrected chi connectivity index (χ2v) is 5.34. The van der Waals surface area contributed by atoms with Crippen molar-refractivity contribution in [2.75, 3.05) is 6.61 Å². The van der Waals surface area contributed by atoms with Crippen LogP contribution in [-0.2, 0) is 11.2 Å². The summed E-state index contributed by atoms with van der Waals surface area (Å²) >= 11 is 0. The van der Waals surface area contributed by atoms with Gasteiger partial charge in [0, 0.05) is 11.8 Å². The summed E-state index contributed by atoms with van der Waals surface area (Å²) < 4.78 is 7.51. The highest BCUT2D eigenvalue weighted by molar-refractivity contribution is 5.78. The zero-order valence-electron chi connectivity index (χ0n) is 13.1. The molecule has 118 valence electrons. The fourth-order valence-electron chi connectivity index (χ4n) is 2.67. The van der Waals surface area contributed by atoms with Crippen LogP contribution in [0.25, 0.3) is 16.9 Å². The molecule has 0 unspecified atom stereocenters. The molecule has 3 rings (SSSR count). The van der Waals surface area contributed by atoms with E-state index in [2.05, 4.69) is 4.98 Å².